The Kier molecular flexibility index (Phi) is 3.02. The van der Waals surface area contributed by atoms with Gasteiger partial charge in [0.15, 0.2) is 0 Å². The summed E-state index contributed by atoms with van der Waals surface area (Å²) in [4.78, 5) is 4.19. The van der Waals surface area contributed by atoms with Crippen LogP contribution in [0, 0.1) is 13.8 Å². The number of aryl methyl sites for hydroxylation is 1. The van der Waals surface area contributed by atoms with Gasteiger partial charge in [0.1, 0.15) is 0 Å². The van der Waals surface area contributed by atoms with E-state index in [0.717, 1.165) is 27.9 Å². The number of rotatable bonds is 2. The third-order valence-electron chi connectivity index (χ3n) is 2.82. The first kappa shape index (κ1) is 10.8. The van der Waals surface area contributed by atoms with Crippen LogP contribution in [-0.2, 0) is 6.61 Å². The van der Waals surface area contributed by atoms with Gasteiger partial charge in [-0.3, -0.25) is 4.98 Å². The molecule has 0 spiro atoms. The number of pyridine rings is 1. The molecule has 0 atom stereocenters. The molecule has 0 aliphatic carbocycles. The molecule has 0 aliphatic rings. The molecule has 0 saturated carbocycles. The fraction of sp³-hybridized carbons (Fsp3) is 0.214. The van der Waals surface area contributed by atoms with Crippen LogP contribution in [0.1, 0.15) is 16.8 Å². The lowest BCUT2D eigenvalue weighted by atomic mass is 9.97. The maximum Gasteiger partial charge on any atom is 0.0684 e. The number of benzene rings is 1. The summed E-state index contributed by atoms with van der Waals surface area (Å²) in [6.45, 7) is 4.11. The van der Waals surface area contributed by atoms with E-state index in [-0.39, 0.29) is 6.61 Å². The Bertz CT molecular complexity index is 506. The van der Waals surface area contributed by atoms with Crippen molar-refractivity contribution < 1.29 is 5.11 Å². The summed E-state index contributed by atoms with van der Waals surface area (Å²) in [5.41, 5.74) is 5.44. The number of aliphatic hydroxyl groups excluding tert-OH is 1. The van der Waals surface area contributed by atoms with E-state index < -0.39 is 0 Å². The highest BCUT2D eigenvalue weighted by Crippen LogP contribution is 2.25. The van der Waals surface area contributed by atoms with Crippen molar-refractivity contribution in [2.24, 2.45) is 0 Å². The highest BCUT2D eigenvalue weighted by Gasteiger charge is 2.05. The third-order valence-corrected chi connectivity index (χ3v) is 2.82. The van der Waals surface area contributed by atoms with Crippen molar-refractivity contribution in [1.29, 1.82) is 0 Å². The van der Waals surface area contributed by atoms with Gasteiger partial charge in [-0.05, 0) is 48.2 Å². The molecule has 0 saturated heterocycles. The molecule has 0 bridgehead atoms. The molecule has 0 fully saturated rings. The first-order valence-electron chi connectivity index (χ1n) is 5.34. The van der Waals surface area contributed by atoms with Crippen molar-refractivity contribution in [3.8, 4) is 11.1 Å². The van der Waals surface area contributed by atoms with Gasteiger partial charge in [0.25, 0.3) is 0 Å². The maximum absolute atomic E-state index is 9.23. The highest BCUT2D eigenvalue weighted by atomic mass is 16.3. The van der Waals surface area contributed by atoms with Crippen molar-refractivity contribution in [1.82, 2.24) is 4.98 Å². The molecular formula is C14H15NO. The Morgan fingerprint density at radius 1 is 1.19 bits per heavy atom. The lowest BCUT2D eigenvalue weighted by Crippen LogP contribution is -1.92. The SMILES string of the molecule is Cc1cc(-c2cccc(CO)c2C)ccn1. The number of aromatic nitrogens is 1. The largest absolute Gasteiger partial charge is 0.392 e. The second-order valence-corrected chi connectivity index (χ2v) is 3.93. The van der Waals surface area contributed by atoms with Gasteiger partial charge in [-0.2, -0.15) is 0 Å². The summed E-state index contributed by atoms with van der Waals surface area (Å²) in [6.07, 6.45) is 1.82. The fourth-order valence-corrected chi connectivity index (χ4v) is 1.88. The molecule has 1 aromatic carbocycles. The number of nitrogens with zero attached hydrogens (tertiary/aromatic N) is 1. The van der Waals surface area contributed by atoms with E-state index in [9.17, 15) is 5.11 Å². The molecule has 0 amide bonds. The second-order valence-electron chi connectivity index (χ2n) is 3.93. The Morgan fingerprint density at radius 2 is 2.00 bits per heavy atom. The number of aliphatic hydroxyl groups is 1. The van der Waals surface area contributed by atoms with E-state index in [0.29, 0.717) is 0 Å². The van der Waals surface area contributed by atoms with Gasteiger partial charge in [-0.1, -0.05) is 18.2 Å². The number of hydrogen-bond acceptors (Lipinski definition) is 2. The topological polar surface area (TPSA) is 33.1 Å². The Balaban J connectivity index is 2.56. The van der Waals surface area contributed by atoms with E-state index in [1.807, 2.05) is 38.2 Å². The quantitative estimate of drug-likeness (QED) is 0.832. The average Bonchev–Trinajstić information content (AvgIpc) is 2.29. The molecule has 82 valence electrons. The predicted octanol–water partition coefficient (Wildman–Crippen LogP) is 2.86. The lowest BCUT2D eigenvalue weighted by molar-refractivity contribution is 0.281. The predicted molar refractivity (Wildman–Crippen MR) is 65.1 cm³/mol. The summed E-state index contributed by atoms with van der Waals surface area (Å²) in [5, 5.41) is 9.23. The van der Waals surface area contributed by atoms with Crippen LogP contribution in [0.5, 0.6) is 0 Å². The van der Waals surface area contributed by atoms with Gasteiger partial charge < -0.3 is 5.11 Å². The molecule has 16 heavy (non-hydrogen) atoms. The van der Waals surface area contributed by atoms with E-state index in [1.54, 1.807) is 0 Å². The fourth-order valence-electron chi connectivity index (χ4n) is 1.88. The van der Waals surface area contributed by atoms with Crippen LogP contribution in [0.4, 0.5) is 0 Å². The van der Waals surface area contributed by atoms with Crippen molar-refractivity contribution >= 4 is 0 Å². The van der Waals surface area contributed by atoms with Crippen LogP contribution in [0.3, 0.4) is 0 Å². The van der Waals surface area contributed by atoms with Gasteiger partial charge in [-0.25, -0.2) is 0 Å². The first-order chi connectivity index (χ1) is 7.72. The van der Waals surface area contributed by atoms with E-state index in [2.05, 4.69) is 17.1 Å². The molecule has 2 aromatic rings. The minimum absolute atomic E-state index is 0.0870. The number of hydrogen-bond donors (Lipinski definition) is 1. The monoisotopic (exact) mass is 213 g/mol. The lowest BCUT2D eigenvalue weighted by Gasteiger charge is -2.10. The average molecular weight is 213 g/mol. The van der Waals surface area contributed by atoms with Gasteiger partial charge in [0.05, 0.1) is 6.61 Å². The maximum atomic E-state index is 9.23. The van der Waals surface area contributed by atoms with Gasteiger partial charge >= 0.3 is 0 Å². The van der Waals surface area contributed by atoms with Crippen molar-refractivity contribution in [3.05, 3.63) is 53.3 Å². The van der Waals surface area contributed by atoms with E-state index in [1.165, 1.54) is 0 Å². The standard InChI is InChI=1S/C14H15NO/c1-10-8-12(6-7-15-10)14-5-3-4-13(9-16)11(14)2/h3-8,16H,9H2,1-2H3. The third kappa shape index (κ3) is 1.97. The molecule has 1 N–H and O–H groups in total. The van der Waals surface area contributed by atoms with Crippen LogP contribution in [-0.4, -0.2) is 10.1 Å². The molecule has 1 heterocycles. The van der Waals surface area contributed by atoms with Crippen LogP contribution < -0.4 is 0 Å². The summed E-state index contributed by atoms with van der Waals surface area (Å²) in [5.74, 6) is 0. The smallest absolute Gasteiger partial charge is 0.0684 e. The molecule has 2 rings (SSSR count). The zero-order chi connectivity index (χ0) is 11.5. The molecular weight excluding hydrogens is 198 g/mol. The van der Waals surface area contributed by atoms with Crippen LogP contribution in [0.15, 0.2) is 36.5 Å². The molecule has 0 unspecified atom stereocenters. The minimum atomic E-state index is 0.0870. The van der Waals surface area contributed by atoms with Crippen molar-refractivity contribution in [2.75, 3.05) is 0 Å². The summed E-state index contributed by atoms with van der Waals surface area (Å²) in [7, 11) is 0. The van der Waals surface area contributed by atoms with Crippen molar-refractivity contribution in [2.45, 2.75) is 20.5 Å². The van der Waals surface area contributed by atoms with E-state index in [4.69, 9.17) is 0 Å². The van der Waals surface area contributed by atoms with E-state index >= 15 is 0 Å². The highest BCUT2D eigenvalue weighted by molar-refractivity contribution is 5.68. The molecule has 1 aromatic heterocycles. The summed E-state index contributed by atoms with van der Waals surface area (Å²) >= 11 is 0. The Morgan fingerprint density at radius 3 is 2.69 bits per heavy atom. The normalized spacial score (nSPS) is 10.4. The first-order valence-corrected chi connectivity index (χ1v) is 5.34. The molecule has 2 nitrogen and oxygen atoms in total. The zero-order valence-electron chi connectivity index (χ0n) is 9.57. The van der Waals surface area contributed by atoms with Gasteiger partial charge in [-0.15, -0.1) is 0 Å². The van der Waals surface area contributed by atoms with Crippen LogP contribution in [0.25, 0.3) is 11.1 Å². The zero-order valence-corrected chi connectivity index (χ0v) is 9.57. The Labute approximate surface area is 95.6 Å². The van der Waals surface area contributed by atoms with Gasteiger partial charge in [0.2, 0.25) is 0 Å². The minimum Gasteiger partial charge on any atom is -0.392 e. The van der Waals surface area contributed by atoms with Crippen molar-refractivity contribution in [3.63, 3.8) is 0 Å². The molecule has 2 heteroatoms. The van der Waals surface area contributed by atoms with Crippen LogP contribution >= 0.6 is 0 Å². The Hall–Kier alpha value is -1.67. The van der Waals surface area contributed by atoms with Crippen LogP contribution in [0.2, 0.25) is 0 Å². The molecule has 0 aliphatic heterocycles. The molecule has 0 radical (unpaired) electrons. The summed E-state index contributed by atoms with van der Waals surface area (Å²) < 4.78 is 0. The van der Waals surface area contributed by atoms with Gasteiger partial charge in [0, 0.05) is 11.9 Å². The second kappa shape index (κ2) is 4.45. The summed E-state index contributed by atoms with van der Waals surface area (Å²) in [6, 6.07) is 10.1.